The van der Waals surface area contributed by atoms with Crippen molar-refractivity contribution in [3.05, 3.63) is 35.1 Å². The fraction of sp³-hybridized carbons (Fsp3) is 0.444. The number of rotatable bonds is 3. The lowest BCUT2D eigenvalue weighted by Crippen LogP contribution is -2.30. The second-order valence-electron chi connectivity index (χ2n) is 6.43. The van der Waals surface area contributed by atoms with Crippen LogP contribution in [0.4, 0.5) is 0 Å². The number of piperidine rings is 1. The molecule has 23 heavy (non-hydrogen) atoms. The van der Waals surface area contributed by atoms with Crippen molar-refractivity contribution in [3.8, 4) is 0 Å². The van der Waals surface area contributed by atoms with Crippen LogP contribution in [-0.4, -0.2) is 36.5 Å². The van der Waals surface area contributed by atoms with Crippen LogP contribution in [0, 0.1) is 18.8 Å². The summed E-state index contributed by atoms with van der Waals surface area (Å²) in [4.78, 5) is 26.7. The minimum Gasteiger partial charge on any atom is -0.462 e. The molecule has 1 aromatic heterocycles. The molecule has 0 bridgehead atoms. The Hall–Kier alpha value is -2.30. The predicted molar refractivity (Wildman–Crippen MR) is 84.4 cm³/mol. The summed E-state index contributed by atoms with van der Waals surface area (Å²) in [6, 6.07) is 5.28. The second-order valence-corrected chi connectivity index (χ2v) is 6.43. The highest BCUT2D eigenvalue weighted by Crippen LogP contribution is 2.45. The Bertz CT molecular complexity index is 797. The van der Waals surface area contributed by atoms with E-state index in [4.69, 9.17) is 9.15 Å². The molecule has 5 nitrogen and oxygen atoms in total. The molecule has 1 amide bonds. The van der Waals surface area contributed by atoms with Gasteiger partial charge in [-0.05, 0) is 50.3 Å². The number of amides is 1. The van der Waals surface area contributed by atoms with Crippen LogP contribution < -0.4 is 0 Å². The number of furan rings is 1. The van der Waals surface area contributed by atoms with Crippen molar-refractivity contribution in [3.63, 3.8) is 0 Å². The van der Waals surface area contributed by atoms with Gasteiger partial charge in [0.15, 0.2) is 0 Å². The van der Waals surface area contributed by atoms with Crippen LogP contribution in [0.5, 0.6) is 0 Å². The second kappa shape index (κ2) is 5.11. The Morgan fingerprint density at radius 1 is 1.30 bits per heavy atom. The minimum atomic E-state index is -0.407. The fourth-order valence-corrected chi connectivity index (χ4v) is 3.56. The monoisotopic (exact) mass is 313 g/mol. The molecule has 5 heteroatoms. The zero-order valence-electron chi connectivity index (χ0n) is 13.3. The van der Waals surface area contributed by atoms with Crippen LogP contribution in [0.3, 0.4) is 0 Å². The van der Waals surface area contributed by atoms with E-state index in [1.165, 1.54) is 6.42 Å². The van der Waals surface area contributed by atoms with Gasteiger partial charge in [0.2, 0.25) is 0 Å². The molecule has 120 valence electrons. The van der Waals surface area contributed by atoms with Crippen LogP contribution in [0.25, 0.3) is 11.0 Å². The Labute approximate surface area is 134 Å². The Kier molecular flexibility index (Phi) is 3.18. The molecule has 1 aliphatic heterocycles. The molecule has 2 heterocycles. The number of fused-ring (bicyclic) bond motifs is 2. The van der Waals surface area contributed by atoms with Crippen LogP contribution in [0.15, 0.2) is 22.6 Å². The summed E-state index contributed by atoms with van der Waals surface area (Å²) in [7, 11) is 0. The van der Waals surface area contributed by atoms with E-state index in [1.807, 2.05) is 4.90 Å². The predicted octanol–water partition coefficient (Wildman–Crippen LogP) is 3.01. The van der Waals surface area contributed by atoms with Crippen molar-refractivity contribution in [2.45, 2.75) is 20.3 Å². The van der Waals surface area contributed by atoms with Gasteiger partial charge in [-0.3, -0.25) is 4.79 Å². The molecule has 4 rings (SSSR count). The van der Waals surface area contributed by atoms with Crippen molar-refractivity contribution in [1.82, 2.24) is 4.90 Å². The molecular weight excluding hydrogens is 294 g/mol. The van der Waals surface area contributed by atoms with Crippen LogP contribution >= 0.6 is 0 Å². The van der Waals surface area contributed by atoms with Crippen molar-refractivity contribution in [2.24, 2.45) is 11.8 Å². The molecule has 2 atom stereocenters. The lowest BCUT2D eigenvalue weighted by molar-refractivity contribution is 0.0526. The third-order valence-corrected chi connectivity index (χ3v) is 4.86. The molecule has 1 saturated carbocycles. The molecule has 2 unspecified atom stereocenters. The van der Waals surface area contributed by atoms with Gasteiger partial charge >= 0.3 is 5.97 Å². The minimum absolute atomic E-state index is 0.0350. The molecule has 1 aliphatic carbocycles. The van der Waals surface area contributed by atoms with E-state index in [2.05, 4.69) is 0 Å². The molecule has 0 radical (unpaired) electrons. The summed E-state index contributed by atoms with van der Waals surface area (Å²) in [6.45, 7) is 5.53. The Balaban J connectivity index is 1.70. The van der Waals surface area contributed by atoms with Crippen molar-refractivity contribution >= 4 is 22.8 Å². The summed E-state index contributed by atoms with van der Waals surface area (Å²) in [5, 5.41) is 0.649. The van der Waals surface area contributed by atoms with Gasteiger partial charge in [0.05, 0.1) is 6.61 Å². The number of ether oxygens (including phenoxy) is 1. The van der Waals surface area contributed by atoms with Gasteiger partial charge in [-0.1, -0.05) is 0 Å². The highest BCUT2D eigenvalue weighted by Gasteiger charge is 2.46. The molecule has 1 aromatic carbocycles. The van der Waals surface area contributed by atoms with E-state index in [-0.39, 0.29) is 5.91 Å². The number of hydrogen-bond donors (Lipinski definition) is 0. The van der Waals surface area contributed by atoms with Gasteiger partial charge in [-0.25, -0.2) is 4.79 Å². The summed E-state index contributed by atoms with van der Waals surface area (Å²) < 4.78 is 10.7. The maximum absolute atomic E-state index is 12.6. The smallest absolute Gasteiger partial charge is 0.342 e. The Morgan fingerprint density at radius 2 is 2.04 bits per heavy atom. The fourth-order valence-electron chi connectivity index (χ4n) is 3.56. The molecule has 2 aromatic rings. The average Bonchev–Trinajstić information content (AvgIpc) is 3.00. The third kappa shape index (κ3) is 2.31. The van der Waals surface area contributed by atoms with Crippen molar-refractivity contribution in [2.75, 3.05) is 19.7 Å². The number of aryl methyl sites for hydroxylation is 1. The number of carbonyl (C=O) groups excluding carboxylic acids is 2. The number of hydrogen-bond acceptors (Lipinski definition) is 4. The quantitative estimate of drug-likeness (QED) is 0.817. The number of nitrogens with zero attached hydrogens (tertiary/aromatic N) is 1. The summed E-state index contributed by atoms with van der Waals surface area (Å²) in [5.41, 5.74) is 1.62. The summed E-state index contributed by atoms with van der Waals surface area (Å²) >= 11 is 0. The standard InChI is InChI=1S/C18H19NO4/c1-3-22-18(21)16-10(2)23-15-5-4-11(7-14(15)16)17(20)19-8-12-6-13(12)9-19/h4-5,7,12-13H,3,6,8-9H2,1-2H3. The van der Waals surface area contributed by atoms with Gasteiger partial charge in [-0.2, -0.15) is 0 Å². The lowest BCUT2D eigenvalue weighted by atomic mass is 10.1. The van der Waals surface area contributed by atoms with Crippen LogP contribution in [-0.2, 0) is 4.74 Å². The molecular formula is C18H19NO4. The van der Waals surface area contributed by atoms with E-state index in [0.29, 0.717) is 46.3 Å². The van der Waals surface area contributed by atoms with Gasteiger partial charge in [0, 0.05) is 24.0 Å². The normalized spacial score (nSPS) is 22.3. The summed E-state index contributed by atoms with van der Waals surface area (Å²) in [5.74, 6) is 1.55. The number of likely N-dealkylation sites (tertiary alicyclic amines) is 1. The van der Waals surface area contributed by atoms with E-state index >= 15 is 0 Å². The number of esters is 1. The topological polar surface area (TPSA) is 59.8 Å². The summed E-state index contributed by atoms with van der Waals surface area (Å²) in [6.07, 6.45) is 1.26. The first-order valence-corrected chi connectivity index (χ1v) is 8.08. The van der Waals surface area contributed by atoms with E-state index in [9.17, 15) is 9.59 Å². The first kappa shape index (κ1) is 14.3. The molecule has 2 fully saturated rings. The van der Waals surface area contributed by atoms with Gasteiger partial charge in [0.25, 0.3) is 5.91 Å². The van der Waals surface area contributed by atoms with E-state index in [1.54, 1.807) is 32.0 Å². The third-order valence-electron chi connectivity index (χ3n) is 4.86. The number of benzene rings is 1. The maximum Gasteiger partial charge on any atom is 0.342 e. The molecule has 1 saturated heterocycles. The average molecular weight is 313 g/mol. The first-order valence-electron chi connectivity index (χ1n) is 8.08. The van der Waals surface area contributed by atoms with Crippen LogP contribution in [0.1, 0.15) is 39.8 Å². The van der Waals surface area contributed by atoms with Gasteiger partial charge in [-0.15, -0.1) is 0 Å². The number of carbonyl (C=O) groups is 2. The van der Waals surface area contributed by atoms with Gasteiger partial charge in [0.1, 0.15) is 16.9 Å². The first-order chi connectivity index (χ1) is 11.1. The largest absolute Gasteiger partial charge is 0.462 e. The molecule has 0 spiro atoms. The van der Waals surface area contributed by atoms with Crippen LogP contribution in [0.2, 0.25) is 0 Å². The van der Waals surface area contributed by atoms with E-state index < -0.39 is 5.97 Å². The zero-order valence-corrected chi connectivity index (χ0v) is 13.3. The zero-order chi connectivity index (χ0) is 16.1. The SMILES string of the molecule is CCOC(=O)c1c(C)oc2ccc(C(=O)N3CC4CC4C3)cc12. The van der Waals surface area contributed by atoms with Gasteiger partial charge < -0.3 is 14.1 Å². The highest BCUT2D eigenvalue weighted by molar-refractivity contribution is 6.07. The molecule has 0 N–H and O–H groups in total. The van der Waals surface area contributed by atoms with E-state index in [0.717, 1.165) is 13.1 Å². The lowest BCUT2D eigenvalue weighted by Gasteiger charge is -2.17. The van der Waals surface area contributed by atoms with Crippen molar-refractivity contribution in [1.29, 1.82) is 0 Å². The van der Waals surface area contributed by atoms with Crippen molar-refractivity contribution < 1.29 is 18.7 Å². The highest BCUT2D eigenvalue weighted by atomic mass is 16.5. The molecule has 2 aliphatic rings. The maximum atomic E-state index is 12.6. The Morgan fingerprint density at radius 3 is 2.74 bits per heavy atom.